The minimum atomic E-state index is -3.90. The summed E-state index contributed by atoms with van der Waals surface area (Å²) in [5.41, 5.74) is 0. The molecule has 0 aliphatic heterocycles. The lowest BCUT2D eigenvalue weighted by Gasteiger charge is -2.11. The molecule has 0 bridgehead atoms. The van der Waals surface area contributed by atoms with Crippen molar-refractivity contribution in [3.63, 3.8) is 0 Å². The number of carboxylic acid groups (broad SMARTS) is 2. The number of aliphatic carboxylic acids is 2. The smallest absolute Gasteiger partial charge is 0.322 e. The molecule has 0 aliphatic carbocycles. The number of rotatable bonds is 13. The zero-order valence-electron chi connectivity index (χ0n) is 12.6. The second kappa shape index (κ2) is 10.6. The van der Waals surface area contributed by atoms with Crippen LogP contribution < -0.4 is 0 Å². The molecule has 0 aromatic heterocycles. The van der Waals surface area contributed by atoms with Crippen molar-refractivity contribution >= 4 is 21.8 Å². The summed E-state index contributed by atoms with van der Waals surface area (Å²) in [5, 5.41) is 15.6. The maximum atomic E-state index is 11.8. The van der Waals surface area contributed by atoms with E-state index in [0.717, 1.165) is 25.7 Å². The molecule has 0 spiro atoms. The van der Waals surface area contributed by atoms with Crippen molar-refractivity contribution in [3.8, 4) is 0 Å². The van der Waals surface area contributed by atoms with Crippen LogP contribution in [0, 0.1) is 0 Å². The minimum Gasteiger partial charge on any atom is -0.481 e. The molecule has 21 heavy (non-hydrogen) atoms. The van der Waals surface area contributed by atoms with E-state index in [1.54, 1.807) is 0 Å². The van der Waals surface area contributed by atoms with Crippen molar-refractivity contribution in [1.29, 1.82) is 0 Å². The standard InChI is InChI=1S/C14H26O6S/c1-2-3-4-5-6-7-8-9-10-21(19,20)12(14(17)18)11-13(15)16/h12H,2-11H2,1H3,(H,15,16)(H,17,18). The van der Waals surface area contributed by atoms with Gasteiger partial charge in [-0.15, -0.1) is 0 Å². The van der Waals surface area contributed by atoms with E-state index in [1.807, 2.05) is 0 Å². The third-order valence-electron chi connectivity index (χ3n) is 3.35. The minimum absolute atomic E-state index is 0.258. The summed E-state index contributed by atoms with van der Waals surface area (Å²) in [4.78, 5) is 21.4. The van der Waals surface area contributed by atoms with E-state index in [9.17, 15) is 18.0 Å². The van der Waals surface area contributed by atoms with Gasteiger partial charge in [-0.3, -0.25) is 9.59 Å². The molecule has 0 heterocycles. The molecule has 0 aromatic carbocycles. The summed E-state index contributed by atoms with van der Waals surface area (Å²) >= 11 is 0. The van der Waals surface area contributed by atoms with Crippen LogP contribution in [0.2, 0.25) is 0 Å². The summed E-state index contributed by atoms with van der Waals surface area (Å²) in [6, 6.07) is 0. The molecule has 124 valence electrons. The molecule has 0 aromatic rings. The topological polar surface area (TPSA) is 109 Å². The Morgan fingerprint density at radius 1 is 0.905 bits per heavy atom. The Morgan fingerprint density at radius 2 is 1.38 bits per heavy atom. The molecule has 0 aliphatic rings. The van der Waals surface area contributed by atoms with Crippen LogP contribution in [0.15, 0.2) is 0 Å². The summed E-state index contributed by atoms with van der Waals surface area (Å²) in [7, 11) is -3.90. The van der Waals surface area contributed by atoms with Crippen LogP contribution in [0.5, 0.6) is 0 Å². The van der Waals surface area contributed by atoms with E-state index < -0.39 is 33.4 Å². The Bertz CT molecular complexity index is 415. The van der Waals surface area contributed by atoms with E-state index in [1.165, 1.54) is 19.3 Å². The first-order chi connectivity index (χ1) is 9.81. The highest BCUT2D eigenvalue weighted by Crippen LogP contribution is 2.13. The third-order valence-corrected chi connectivity index (χ3v) is 5.44. The number of unbranched alkanes of at least 4 members (excludes halogenated alkanes) is 7. The van der Waals surface area contributed by atoms with Crippen LogP contribution in [-0.2, 0) is 19.4 Å². The SMILES string of the molecule is CCCCCCCCCCS(=O)(=O)C(CC(=O)O)C(=O)O. The highest BCUT2D eigenvalue weighted by atomic mass is 32.2. The molecule has 0 saturated heterocycles. The first-order valence-electron chi connectivity index (χ1n) is 7.47. The molecule has 6 nitrogen and oxygen atoms in total. The first kappa shape index (κ1) is 19.9. The van der Waals surface area contributed by atoms with Crippen LogP contribution in [0.1, 0.15) is 64.7 Å². The van der Waals surface area contributed by atoms with Crippen LogP contribution in [0.25, 0.3) is 0 Å². The van der Waals surface area contributed by atoms with Crippen LogP contribution in [-0.4, -0.2) is 41.6 Å². The van der Waals surface area contributed by atoms with Gasteiger partial charge in [0.05, 0.1) is 12.2 Å². The molecular formula is C14H26O6S. The van der Waals surface area contributed by atoms with E-state index in [-0.39, 0.29) is 5.75 Å². The molecular weight excluding hydrogens is 296 g/mol. The molecule has 1 unspecified atom stereocenters. The van der Waals surface area contributed by atoms with Crippen molar-refractivity contribution in [2.24, 2.45) is 0 Å². The van der Waals surface area contributed by atoms with E-state index in [0.29, 0.717) is 6.42 Å². The van der Waals surface area contributed by atoms with Crippen LogP contribution >= 0.6 is 0 Å². The quantitative estimate of drug-likeness (QED) is 0.504. The largest absolute Gasteiger partial charge is 0.481 e. The zero-order valence-corrected chi connectivity index (χ0v) is 13.4. The Morgan fingerprint density at radius 3 is 1.81 bits per heavy atom. The molecule has 2 N–H and O–H groups in total. The Kier molecular flexibility index (Phi) is 10.0. The average molecular weight is 322 g/mol. The molecule has 0 rings (SSSR count). The number of hydrogen-bond donors (Lipinski definition) is 2. The molecule has 0 fully saturated rings. The van der Waals surface area contributed by atoms with Gasteiger partial charge in [0.25, 0.3) is 0 Å². The van der Waals surface area contributed by atoms with Crippen molar-refractivity contribution in [2.45, 2.75) is 70.0 Å². The van der Waals surface area contributed by atoms with Gasteiger partial charge < -0.3 is 10.2 Å². The van der Waals surface area contributed by atoms with Gasteiger partial charge in [-0.25, -0.2) is 8.42 Å². The molecule has 1 atom stereocenters. The van der Waals surface area contributed by atoms with Gasteiger partial charge >= 0.3 is 11.9 Å². The maximum Gasteiger partial charge on any atom is 0.322 e. The summed E-state index contributed by atoms with van der Waals surface area (Å²) in [6.07, 6.45) is 6.93. The fourth-order valence-electron chi connectivity index (χ4n) is 2.11. The van der Waals surface area contributed by atoms with E-state index in [2.05, 4.69) is 6.92 Å². The Labute approximate surface area is 126 Å². The second-order valence-electron chi connectivity index (χ2n) is 5.27. The molecule has 0 amide bonds. The lowest BCUT2D eigenvalue weighted by atomic mass is 10.1. The fraction of sp³-hybridized carbons (Fsp3) is 0.857. The molecule has 0 radical (unpaired) electrons. The predicted octanol–water partition coefficient (Wildman–Crippen LogP) is 2.47. The zero-order chi connectivity index (χ0) is 16.3. The highest BCUT2D eigenvalue weighted by Gasteiger charge is 2.33. The van der Waals surface area contributed by atoms with Crippen molar-refractivity contribution in [2.75, 3.05) is 5.75 Å². The number of sulfone groups is 1. The lowest BCUT2D eigenvalue weighted by Crippen LogP contribution is -2.34. The van der Waals surface area contributed by atoms with Gasteiger partial charge in [-0.1, -0.05) is 51.9 Å². The van der Waals surface area contributed by atoms with Crippen LogP contribution in [0.3, 0.4) is 0 Å². The molecule has 0 saturated carbocycles. The number of carbonyl (C=O) groups is 2. The van der Waals surface area contributed by atoms with E-state index in [4.69, 9.17) is 10.2 Å². The van der Waals surface area contributed by atoms with Crippen molar-refractivity contribution in [1.82, 2.24) is 0 Å². The maximum absolute atomic E-state index is 11.8. The monoisotopic (exact) mass is 322 g/mol. The van der Waals surface area contributed by atoms with Gasteiger partial charge in [0.15, 0.2) is 15.1 Å². The van der Waals surface area contributed by atoms with Crippen molar-refractivity contribution < 1.29 is 28.2 Å². The van der Waals surface area contributed by atoms with Gasteiger partial charge in [-0.2, -0.15) is 0 Å². The molecule has 7 heteroatoms. The van der Waals surface area contributed by atoms with Gasteiger partial charge in [0.2, 0.25) is 0 Å². The first-order valence-corrected chi connectivity index (χ1v) is 9.19. The Balaban J connectivity index is 4.05. The summed E-state index contributed by atoms with van der Waals surface area (Å²) in [6.45, 7) is 2.14. The predicted molar refractivity (Wildman–Crippen MR) is 80.1 cm³/mol. The number of carboxylic acids is 2. The normalized spacial score (nSPS) is 13.0. The summed E-state index contributed by atoms with van der Waals surface area (Å²) in [5.74, 6) is -3.26. The van der Waals surface area contributed by atoms with Crippen LogP contribution in [0.4, 0.5) is 0 Å². The van der Waals surface area contributed by atoms with Gasteiger partial charge in [0, 0.05) is 0 Å². The van der Waals surface area contributed by atoms with Gasteiger partial charge in [0.1, 0.15) is 0 Å². The average Bonchev–Trinajstić information content (AvgIpc) is 2.38. The highest BCUT2D eigenvalue weighted by molar-refractivity contribution is 7.92. The second-order valence-corrected chi connectivity index (χ2v) is 7.57. The van der Waals surface area contributed by atoms with Gasteiger partial charge in [-0.05, 0) is 6.42 Å². The Hall–Kier alpha value is -1.11. The van der Waals surface area contributed by atoms with E-state index >= 15 is 0 Å². The number of hydrogen-bond acceptors (Lipinski definition) is 4. The summed E-state index contributed by atoms with van der Waals surface area (Å²) < 4.78 is 23.7. The fourth-order valence-corrected chi connectivity index (χ4v) is 3.70. The van der Waals surface area contributed by atoms with Crippen molar-refractivity contribution in [3.05, 3.63) is 0 Å². The third kappa shape index (κ3) is 9.44. The lowest BCUT2D eigenvalue weighted by molar-refractivity contribution is -0.143.